The maximum Gasteiger partial charge on any atom is 0.411 e. The van der Waals surface area contributed by atoms with Gasteiger partial charge in [-0.2, -0.15) is 0 Å². The second-order valence-electron chi connectivity index (χ2n) is 8.38. The monoisotopic (exact) mass is 379 g/mol. The molecule has 2 aliphatic heterocycles. The van der Waals surface area contributed by atoms with Gasteiger partial charge in [-0.25, -0.2) is 4.79 Å². The van der Waals surface area contributed by atoms with Crippen LogP contribution in [0.15, 0.2) is 24.3 Å². The molecule has 0 N–H and O–H groups in total. The molecule has 2 heterocycles. The van der Waals surface area contributed by atoms with Gasteiger partial charge in [-0.3, -0.25) is 4.90 Å². The third-order valence-corrected chi connectivity index (χ3v) is 5.57. The average molecular weight is 380 g/mol. The molecule has 1 aromatic rings. The van der Waals surface area contributed by atoms with Crippen LogP contribution in [0.1, 0.15) is 52.0 Å². The van der Waals surface area contributed by atoms with Gasteiger partial charge in [0.1, 0.15) is 17.4 Å². The Labute approximate surface area is 159 Å². The van der Waals surface area contributed by atoms with Crippen LogP contribution in [-0.2, 0) is 20.9 Å². The molecule has 2 fully saturated rings. The van der Waals surface area contributed by atoms with E-state index in [0.29, 0.717) is 31.1 Å². The summed E-state index contributed by atoms with van der Waals surface area (Å²) in [6, 6.07) is 7.50. The normalized spacial score (nSPS) is 27.6. The van der Waals surface area contributed by atoms with Crippen LogP contribution in [0.5, 0.6) is 0 Å². The number of benzene rings is 1. The van der Waals surface area contributed by atoms with Crippen LogP contribution in [0.2, 0.25) is 5.02 Å². The van der Waals surface area contributed by atoms with E-state index in [9.17, 15) is 9.59 Å². The first-order chi connectivity index (χ1) is 12.2. The highest BCUT2D eigenvalue weighted by molar-refractivity contribution is 6.30. The highest BCUT2D eigenvalue weighted by Crippen LogP contribution is 2.53. The smallest absolute Gasteiger partial charge is 0.411 e. The molecule has 5 nitrogen and oxygen atoms in total. The maximum atomic E-state index is 12.8. The standard InChI is InChI=1S/C20H26ClNO4/c1-18(2,3)26-17(24)22-19(13-23)8-10-20(22,11-9-19)14-25-12-15-4-6-16(21)7-5-15/h4-7,13H,8-12,14H2,1-3H3. The minimum atomic E-state index is -0.744. The van der Waals surface area contributed by atoms with Crippen LogP contribution in [0.4, 0.5) is 4.79 Å². The number of nitrogens with zero attached hydrogens (tertiary/aromatic N) is 1. The van der Waals surface area contributed by atoms with E-state index in [0.717, 1.165) is 24.7 Å². The van der Waals surface area contributed by atoms with E-state index in [1.165, 1.54) is 0 Å². The van der Waals surface area contributed by atoms with Crippen molar-refractivity contribution in [2.24, 2.45) is 0 Å². The first-order valence-electron chi connectivity index (χ1n) is 9.02. The highest BCUT2D eigenvalue weighted by Gasteiger charge is 2.63. The van der Waals surface area contributed by atoms with E-state index in [2.05, 4.69) is 0 Å². The van der Waals surface area contributed by atoms with Gasteiger partial charge in [-0.15, -0.1) is 0 Å². The molecule has 0 spiro atoms. The lowest BCUT2D eigenvalue weighted by atomic mass is 9.83. The van der Waals surface area contributed by atoms with Gasteiger partial charge in [0.2, 0.25) is 0 Å². The Kier molecular flexibility index (Phi) is 5.06. The predicted octanol–water partition coefficient (Wildman–Crippen LogP) is 4.36. The molecule has 0 saturated carbocycles. The molecular weight excluding hydrogens is 354 g/mol. The number of fused-ring (bicyclic) bond motifs is 2. The van der Waals surface area contributed by atoms with Crippen LogP contribution < -0.4 is 0 Å². The molecule has 6 heteroatoms. The topological polar surface area (TPSA) is 55.8 Å². The molecule has 0 radical (unpaired) electrons. The molecule has 2 aliphatic rings. The number of hydrogen-bond donors (Lipinski definition) is 0. The van der Waals surface area contributed by atoms with Gasteiger partial charge in [0.05, 0.1) is 18.8 Å². The van der Waals surface area contributed by atoms with E-state index >= 15 is 0 Å². The van der Waals surface area contributed by atoms with Crippen LogP contribution in [0.3, 0.4) is 0 Å². The van der Waals surface area contributed by atoms with Gasteiger partial charge in [0, 0.05) is 5.02 Å². The van der Waals surface area contributed by atoms with E-state index < -0.39 is 22.8 Å². The molecule has 1 aromatic carbocycles. The largest absolute Gasteiger partial charge is 0.444 e. The van der Waals surface area contributed by atoms with Gasteiger partial charge in [0.15, 0.2) is 0 Å². The summed E-state index contributed by atoms with van der Waals surface area (Å²) < 4.78 is 11.5. The van der Waals surface area contributed by atoms with Gasteiger partial charge in [0.25, 0.3) is 0 Å². The zero-order valence-corrected chi connectivity index (χ0v) is 16.3. The molecule has 26 heavy (non-hydrogen) atoms. The molecule has 0 aliphatic carbocycles. The molecule has 0 atom stereocenters. The third-order valence-electron chi connectivity index (χ3n) is 5.31. The lowest BCUT2D eigenvalue weighted by molar-refractivity contribution is -0.117. The first kappa shape index (κ1) is 19.2. The average Bonchev–Trinajstić information content (AvgIpc) is 3.06. The van der Waals surface area contributed by atoms with Crippen molar-refractivity contribution in [1.82, 2.24) is 4.90 Å². The fourth-order valence-electron chi connectivity index (χ4n) is 4.07. The minimum absolute atomic E-state index is 0.393. The Bertz CT molecular complexity index is 672. The number of halogens is 1. The quantitative estimate of drug-likeness (QED) is 0.713. The van der Waals surface area contributed by atoms with E-state index in [-0.39, 0.29) is 0 Å². The van der Waals surface area contributed by atoms with Crippen molar-refractivity contribution in [2.45, 2.75) is 69.7 Å². The predicted molar refractivity (Wildman–Crippen MR) is 99.2 cm³/mol. The summed E-state index contributed by atoms with van der Waals surface area (Å²) in [4.78, 5) is 26.3. The number of ether oxygens (including phenoxy) is 2. The number of hydrogen-bond acceptors (Lipinski definition) is 4. The lowest BCUT2D eigenvalue weighted by Gasteiger charge is -2.37. The Morgan fingerprint density at radius 2 is 1.81 bits per heavy atom. The van der Waals surface area contributed by atoms with Crippen LogP contribution in [0.25, 0.3) is 0 Å². The number of carbonyl (C=O) groups excluding carboxylic acids is 2. The Morgan fingerprint density at radius 1 is 1.19 bits per heavy atom. The number of rotatable bonds is 5. The van der Waals surface area contributed by atoms with Gasteiger partial charge >= 0.3 is 6.09 Å². The summed E-state index contributed by atoms with van der Waals surface area (Å²) >= 11 is 5.91. The minimum Gasteiger partial charge on any atom is -0.444 e. The van der Waals surface area contributed by atoms with Crippen molar-refractivity contribution in [3.05, 3.63) is 34.9 Å². The van der Waals surface area contributed by atoms with Gasteiger partial charge in [-0.05, 0) is 64.2 Å². The molecule has 142 valence electrons. The SMILES string of the molecule is CC(C)(C)OC(=O)N1C2(C=O)CCC1(COCc1ccc(Cl)cc1)CC2. The number of carbonyl (C=O) groups is 2. The molecule has 0 unspecified atom stereocenters. The molecule has 0 aromatic heterocycles. The van der Waals surface area contributed by atoms with Crippen molar-refractivity contribution < 1.29 is 19.1 Å². The summed E-state index contributed by atoms with van der Waals surface area (Å²) in [6.45, 7) is 6.33. The fourth-order valence-corrected chi connectivity index (χ4v) is 4.20. The van der Waals surface area contributed by atoms with Crippen molar-refractivity contribution in [1.29, 1.82) is 0 Å². The third kappa shape index (κ3) is 3.60. The Morgan fingerprint density at radius 3 is 2.35 bits per heavy atom. The Hall–Kier alpha value is -1.59. The number of amides is 1. The highest BCUT2D eigenvalue weighted by atomic mass is 35.5. The summed E-state index contributed by atoms with van der Waals surface area (Å²) in [5.41, 5.74) is -0.789. The van der Waals surface area contributed by atoms with E-state index in [1.54, 1.807) is 4.90 Å². The molecule has 3 rings (SSSR count). The molecular formula is C20H26ClNO4. The summed E-state index contributed by atoms with van der Waals surface area (Å²) in [7, 11) is 0. The second-order valence-corrected chi connectivity index (χ2v) is 8.82. The molecule has 2 bridgehead atoms. The zero-order valence-electron chi connectivity index (χ0n) is 15.6. The van der Waals surface area contributed by atoms with Crippen molar-refractivity contribution in [2.75, 3.05) is 6.61 Å². The van der Waals surface area contributed by atoms with Crippen molar-refractivity contribution in [3.63, 3.8) is 0 Å². The van der Waals surface area contributed by atoms with Gasteiger partial charge < -0.3 is 14.3 Å². The van der Waals surface area contributed by atoms with Crippen molar-refractivity contribution in [3.8, 4) is 0 Å². The summed E-state index contributed by atoms with van der Waals surface area (Å²) in [5.74, 6) is 0. The lowest BCUT2D eigenvalue weighted by Crippen LogP contribution is -2.54. The number of aldehydes is 1. The second kappa shape index (κ2) is 6.86. The Balaban J connectivity index is 1.72. The first-order valence-corrected chi connectivity index (χ1v) is 9.39. The van der Waals surface area contributed by atoms with Crippen LogP contribution in [-0.4, -0.2) is 40.6 Å². The summed E-state index contributed by atoms with van der Waals surface area (Å²) in [6.07, 6.45) is 3.34. The van der Waals surface area contributed by atoms with E-state index in [1.807, 2.05) is 45.0 Å². The molecule has 1 amide bonds. The van der Waals surface area contributed by atoms with E-state index in [4.69, 9.17) is 21.1 Å². The summed E-state index contributed by atoms with van der Waals surface area (Å²) in [5, 5.41) is 0.686. The van der Waals surface area contributed by atoms with Crippen LogP contribution in [0, 0.1) is 0 Å². The van der Waals surface area contributed by atoms with Gasteiger partial charge in [-0.1, -0.05) is 23.7 Å². The molecule has 2 saturated heterocycles. The fraction of sp³-hybridized carbons (Fsp3) is 0.600. The maximum absolute atomic E-state index is 12.8. The zero-order chi connectivity index (χ0) is 19.0. The van der Waals surface area contributed by atoms with Crippen LogP contribution >= 0.6 is 11.6 Å². The van der Waals surface area contributed by atoms with Crippen molar-refractivity contribution >= 4 is 24.0 Å².